The zero-order chi connectivity index (χ0) is 23.8. The van der Waals surface area contributed by atoms with Crippen molar-refractivity contribution in [2.45, 2.75) is 32.6 Å². The number of pyridine rings is 3. The van der Waals surface area contributed by atoms with E-state index in [1.54, 1.807) is 12.4 Å². The van der Waals surface area contributed by atoms with Crippen molar-refractivity contribution in [3.8, 4) is 22.8 Å². The van der Waals surface area contributed by atoms with Gasteiger partial charge in [0.2, 0.25) is 5.91 Å². The lowest BCUT2D eigenvalue weighted by molar-refractivity contribution is -0.115. The van der Waals surface area contributed by atoms with Gasteiger partial charge in [-0.15, -0.1) is 0 Å². The Morgan fingerprint density at radius 1 is 1.11 bits per heavy atom. The Labute approximate surface area is 201 Å². The Hall–Kier alpha value is -4.34. The fraction of sp³-hybridized carbons (Fsp3) is 0.280. The van der Waals surface area contributed by atoms with Gasteiger partial charge in [0.25, 0.3) is 0 Å². The van der Waals surface area contributed by atoms with Gasteiger partial charge in [0, 0.05) is 37.5 Å². The summed E-state index contributed by atoms with van der Waals surface area (Å²) in [6, 6.07) is 7.75. The van der Waals surface area contributed by atoms with Crippen molar-refractivity contribution in [3.05, 3.63) is 42.9 Å². The number of H-pyrrole nitrogens is 2. The molecular formula is C25H25N9O. The first-order chi connectivity index (χ1) is 17.2. The van der Waals surface area contributed by atoms with Gasteiger partial charge in [-0.05, 0) is 43.5 Å². The Morgan fingerprint density at radius 3 is 2.86 bits per heavy atom. The number of imidazole rings is 1. The maximum absolute atomic E-state index is 11.8. The largest absolute Gasteiger partial charge is 0.370 e. The number of piperidine rings is 1. The summed E-state index contributed by atoms with van der Waals surface area (Å²) in [6.07, 6.45) is 9.23. The van der Waals surface area contributed by atoms with Crippen LogP contribution >= 0.6 is 0 Å². The standard InChI is InChI=1S/C25H25N9O/c1-2-20(35)28-16-12-15(13-26-14-16)17-6-7-18-21(29-17)23(33-32-18)25-30-22-19(8-9-27-24(22)31-25)34-10-4-3-5-11-34/h6-9,12-14H,2-5,10-11H2,1H3,(H,28,35)(H,32,33)(H,27,30,31). The van der Waals surface area contributed by atoms with Gasteiger partial charge < -0.3 is 15.2 Å². The molecule has 1 amide bonds. The topological polar surface area (TPSA) is 128 Å². The van der Waals surface area contributed by atoms with Gasteiger partial charge in [0.1, 0.15) is 11.0 Å². The van der Waals surface area contributed by atoms with Crippen LogP contribution in [0.1, 0.15) is 32.6 Å². The maximum Gasteiger partial charge on any atom is 0.224 e. The Morgan fingerprint density at radius 2 is 2.00 bits per heavy atom. The number of anilines is 2. The lowest BCUT2D eigenvalue weighted by Crippen LogP contribution is -2.29. The number of nitrogens with one attached hydrogen (secondary N) is 3. The fourth-order valence-electron chi connectivity index (χ4n) is 4.53. The number of carbonyl (C=O) groups is 1. The molecule has 0 aromatic carbocycles. The first-order valence-electron chi connectivity index (χ1n) is 11.9. The third-order valence-electron chi connectivity index (χ3n) is 6.34. The van der Waals surface area contributed by atoms with Crippen LogP contribution < -0.4 is 10.2 Å². The lowest BCUT2D eigenvalue weighted by Gasteiger charge is -2.28. The summed E-state index contributed by atoms with van der Waals surface area (Å²) in [4.78, 5) is 36.0. The average molecular weight is 468 g/mol. The number of amides is 1. The summed E-state index contributed by atoms with van der Waals surface area (Å²) in [5.41, 5.74) is 7.00. The molecule has 176 valence electrons. The molecule has 0 atom stereocenters. The van der Waals surface area contributed by atoms with Crippen LogP contribution in [0, 0.1) is 0 Å². The summed E-state index contributed by atoms with van der Waals surface area (Å²) >= 11 is 0. The minimum absolute atomic E-state index is 0.0631. The normalized spacial score (nSPS) is 14.0. The van der Waals surface area contributed by atoms with E-state index >= 15 is 0 Å². The number of rotatable bonds is 5. The molecule has 0 spiro atoms. The van der Waals surface area contributed by atoms with Crippen LogP contribution in [-0.4, -0.2) is 54.1 Å². The van der Waals surface area contributed by atoms with Crippen LogP contribution in [0.5, 0.6) is 0 Å². The summed E-state index contributed by atoms with van der Waals surface area (Å²) in [7, 11) is 0. The van der Waals surface area contributed by atoms with E-state index in [-0.39, 0.29) is 5.91 Å². The molecule has 1 saturated heterocycles. The molecule has 10 heteroatoms. The molecule has 1 aliphatic heterocycles. The quantitative estimate of drug-likeness (QED) is 0.351. The van der Waals surface area contributed by atoms with Gasteiger partial charge in [0.15, 0.2) is 17.2 Å². The Balaban J connectivity index is 1.39. The molecule has 0 aliphatic carbocycles. The molecule has 1 fully saturated rings. The monoisotopic (exact) mass is 467 g/mol. The minimum Gasteiger partial charge on any atom is -0.370 e. The molecule has 6 rings (SSSR count). The number of carbonyl (C=O) groups excluding carboxylic acids is 1. The molecule has 3 N–H and O–H groups in total. The smallest absolute Gasteiger partial charge is 0.224 e. The van der Waals surface area contributed by atoms with Gasteiger partial charge in [-0.2, -0.15) is 5.10 Å². The highest BCUT2D eigenvalue weighted by Gasteiger charge is 2.20. The molecular weight excluding hydrogens is 442 g/mol. The van der Waals surface area contributed by atoms with E-state index in [4.69, 9.17) is 9.97 Å². The van der Waals surface area contributed by atoms with Crippen LogP contribution in [-0.2, 0) is 4.79 Å². The van der Waals surface area contributed by atoms with Crippen molar-refractivity contribution in [2.75, 3.05) is 23.3 Å². The third-order valence-corrected chi connectivity index (χ3v) is 6.34. The van der Waals surface area contributed by atoms with Crippen LogP contribution in [0.25, 0.3) is 45.0 Å². The van der Waals surface area contributed by atoms with E-state index in [0.717, 1.165) is 41.1 Å². The number of nitrogens with zero attached hydrogens (tertiary/aromatic N) is 6. The number of hydrogen-bond acceptors (Lipinski definition) is 7. The summed E-state index contributed by atoms with van der Waals surface area (Å²) in [5.74, 6) is 0.557. The van der Waals surface area contributed by atoms with Crippen LogP contribution in [0.4, 0.5) is 11.4 Å². The number of hydrogen-bond donors (Lipinski definition) is 3. The van der Waals surface area contributed by atoms with Gasteiger partial charge in [-0.1, -0.05) is 6.92 Å². The van der Waals surface area contributed by atoms with E-state index in [2.05, 4.69) is 35.4 Å². The van der Waals surface area contributed by atoms with E-state index in [1.165, 1.54) is 19.3 Å². The zero-order valence-corrected chi connectivity index (χ0v) is 19.4. The SMILES string of the molecule is CCC(=O)Nc1cncc(-c2ccc3[nH]nc(-c4nc5nccc(N6CCCCC6)c5[nH]4)c3n2)c1. The van der Waals surface area contributed by atoms with E-state index in [1.807, 2.05) is 37.4 Å². The maximum atomic E-state index is 11.8. The van der Waals surface area contributed by atoms with Crippen molar-refractivity contribution in [1.29, 1.82) is 0 Å². The predicted molar refractivity (Wildman–Crippen MR) is 135 cm³/mol. The minimum atomic E-state index is -0.0631. The molecule has 6 heterocycles. The van der Waals surface area contributed by atoms with Crippen LogP contribution in [0.3, 0.4) is 0 Å². The van der Waals surface area contributed by atoms with E-state index in [9.17, 15) is 4.79 Å². The van der Waals surface area contributed by atoms with Crippen molar-refractivity contribution < 1.29 is 4.79 Å². The first kappa shape index (κ1) is 21.2. The first-order valence-corrected chi connectivity index (χ1v) is 11.9. The predicted octanol–water partition coefficient (Wildman–Crippen LogP) is 4.30. The van der Waals surface area contributed by atoms with Crippen LogP contribution in [0.2, 0.25) is 0 Å². The number of aromatic amines is 2. The van der Waals surface area contributed by atoms with Crippen LogP contribution in [0.15, 0.2) is 42.9 Å². The van der Waals surface area contributed by atoms with Crippen molar-refractivity contribution in [3.63, 3.8) is 0 Å². The summed E-state index contributed by atoms with van der Waals surface area (Å²) in [5, 5.41) is 10.4. The highest BCUT2D eigenvalue weighted by molar-refractivity contribution is 5.94. The molecule has 0 radical (unpaired) electrons. The van der Waals surface area contributed by atoms with Crippen molar-refractivity contribution in [2.24, 2.45) is 0 Å². The molecule has 35 heavy (non-hydrogen) atoms. The summed E-state index contributed by atoms with van der Waals surface area (Å²) in [6.45, 7) is 3.89. The van der Waals surface area contributed by atoms with Gasteiger partial charge >= 0.3 is 0 Å². The third kappa shape index (κ3) is 3.96. The fourth-order valence-corrected chi connectivity index (χ4v) is 4.53. The van der Waals surface area contributed by atoms with Crippen molar-refractivity contribution >= 4 is 39.5 Å². The Kier molecular flexibility index (Phi) is 5.32. The molecule has 5 aromatic rings. The van der Waals surface area contributed by atoms with Gasteiger partial charge in [-0.25, -0.2) is 15.0 Å². The Bertz CT molecular complexity index is 1530. The average Bonchev–Trinajstić information content (AvgIpc) is 3.53. The van der Waals surface area contributed by atoms with Gasteiger partial charge in [-0.3, -0.25) is 14.9 Å². The second-order valence-corrected chi connectivity index (χ2v) is 8.69. The van der Waals surface area contributed by atoms with E-state index < -0.39 is 0 Å². The molecule has 10 nitrogen and oxygen atoms in total. The van der Waals surface area contributed by atoms with Gasteiger partial charge in [0.05, 0.1) is 28.8 Å². The summed E-state index contributed by atoms with van der Waals surface area (Å²) < 4.78 is 0. The molecule has 0 bridgehead atoms. The number of aromatic nitrogens is 7. The lowest BCUT2D eigenvalue weighted by atomic mass is 10.1. The molecule has 0 unspecified atom stereocenters. The second-order valence-electron chi connectivity index (χ2n) is 8.69. The van der Waals surface area contributed by atoms with Crippen molar-refractivity contribution in [1.82, 2.24) is 35.1 Å². The molecule has 0 saturated carbocycles. The second kappa shape index (κ2) is 8.79. The molecule has 5 aromatic heterocycles. The highest BCUT2D eigenvalue weighted by Crippen LogP contribution is 2.31. The zero-order valence-electron chi connectivity index (χ0n) is 19.4. The highest BCUT2D eigenvalue weighted by atomic mass is 16.1. The number of fused-ring (bicyclic) bond motifs is 2. The van der Waals surface area contributed by atoms with E-state index in [0.29, 0.717) is 34.8 Å². The molecule has 1 aliphatic rings.